The largest absolute Gasteiger partial charge is 0.380 e. The molecule has 0 saturated heterocycles. The summed E-state index contributed by atoms with van der Waals surface area (Å²) in [5, 5.41) is 0. The summed E-state index contributed by atoms with van der Waals surface area (Å²) < 4.78 is 28.2. The lowest BCUT2D eigenvalue weighted by molar-refractivity contribution is 0.129. The number of rotatable bonds is 6. The van der Waals surface area contributed by atoms with E-state index in [1.807, 2.05) is 20.8 Å². The van der Waals surface area contributed by atoms with Crippen LogP contribution in [0.15, 0.2) is 0 Å². The van der Waals surface area contributed by atoms with Crippen LogP contribution in [0.25, 0.3) is 0 Å². The van der Waals surface area contributed by atoms with Crippen LogP contribution in [-0.2, 0) is 14.6 Å². The van der Waals surface area contributed by atoms with Gasteiger partial charge in [-0.3, -0.25) is 0 Å². The molecule has 0 heterocycles. The second kappa shape index (κ2) is 5.12. The van der Waals surface area contributed by atoms with E-state index in [-0.39, 0.29) is 18.3 Å². The van der Waals surface area contributed by atoms with Crippen molar-refractivity contribution in [2.24, 2.45) is 5.92 Å². The van der Waals surface area contributed by atoms with Crippen molar-refractivity contribution < 1.29 is 13.2 Å². The maximum Gasteiger partial charge on any atom is 0.157 e. The van der Waals surface area contributed by atoms with E-state index in [2.05, 4.69) is 0 Å². The molecule has 0 N–H and O–H groups in total. The minimum absolute atomic E-state index is 0.168. The first-order valence-corrected chi connectivity index (χ1v) is 6.68. The molecular formula is C10H22O3S. The van der Waals surface area contributed by atoms with Gasteiger partial charge in [0.05, 0.1) is 17.1 Å². The second-order valence-electron chi connectivity index (χ2n) is 4.57. The molecule has 0 aromatic heterocycles. The highest BCUT2D eigenvalue weighted by Gasteiger charge is 2.34. The third-order valence-electron chi connectivity index (χ3n) is 2.05. The molecule has 0 aliphatic rings. The van der Waals surface area contributed by atoms with Crippen LogP contribution < -0.4 is 0 Å². The molecule has 0 saturated carbocycles. The van der Waals surface area contributed by atoms with E-state index < -0.39 is 14.6 Å². The molecule has 4 heteroatoms. The molecule has 0 aliphatic carbocycles. The monoisotopic (exact) mass is 222 g/mol. The zero-order valence-corrected chi connectivity index (χ0v) is 10.6. The minimum atomic E-state index is -3.06. The van der Waals surface area contributed by atoms with Gasteiger partial charge in [0.2, 0.25) is 0 Å². The maximum atomic E-state index is 11.9. The zero-order valence-electron chi connectivity index (χ0n) is 9.83. The predicted molar refractivity (Wildman–Crippen MR) is 59.2 cm³/mol. The topological polar surface area (TPSA) is 43.4 Å². The van der Waals surface area contributed by atoms with E-state index in [1.165, 1.54) is 0 Å². The van der Waals surface area contributed by atoms with Crippen molar-refractivity contribution >= 4 is 9.84 Å². The normalized spacial score (nSPS) is 13.6. The predicted octanol–water partition coefficient (Wildman–Crippen LogP) is 1.87. The fourth-order valence-corrected chi connectivity index (χ4v) is 2.69. The standard InChI is InChI=1S/C10H22O3S/c1-6-13-8-10(4,5)14(11,12)7-9(2)3/h9H,6-8H2,1-5H3. The van der Waals surface area contributed by atoms with Crippen LogP contribution in [0, 0.1) is 5.92 Å². The Bertz CT molecular complexity index is 253. The Labute approximate surface area is 87.8 Å². The molecule has 86 valence electrons. The smallest absolute Gasteiger partial charge is 0.157 e. The Kier molecular flexibility index (Phi) is 5.09. The molecule has 0 bridgehead atoms. The van der Waals surface area contributed by atoms with E-state index in [9.17, 15) is 8.42 Å². The molecule has 0 atom stereocenters. The van der Waals surface area contributed by atoms with Gasteiger partial charge in [-0.05, 0) is 26.7 Å². The summed E-state index contributed by atoms with van der Waals surface area (Å²) in [6.07, 6.45) is 0. The van der Waals surface area contributed by atoms with Crippen molar-refractivity contribution in [3.8, 4) is 0 Å². The van der Waals surface area contributed by atoms with Crippen molar-refractivity contribution in [3.05, 3.63) is 0 Å². The van der Waals surface area contributed by atoms with E-state index in [1.54, 1.807) is 13.8 Å². The lowest BCUT2D eigenvalue weighted by Gasteiger charge is -2.25. The van der Waals surface area contributed by atoms with Gasteiger partial charge in [0.1, 0.15) is 0 Å². The fraction of sp³-hybridized carbons (Fsp3) is 1.00. The molecule has 0 amide bonds. The van der Waals surface area contributed by atoms with Crippen LogP contribution in [0.1, 0.15) is 34.6 Å². The molecular weight excluding hydrogens is 200 g/mol. The fourth-order valence-electron chi connectivity index (χ4n) is 1.10. The Balaban J connectivity index is 4.53. The highest BCUT2D eigenvalue weighted by Crippen LogP contribution is 2.20. The molecule has 14 heavy (non-hydrogen) atoms. The third kappa shape index (κ3) is 3.96. The van der Waals surface area contributed by atoms with Crippen LogP contribution in [-0.4, -0.2) is 32.1 Å². The van der Waals surface area contributed by atoms with Gasteiger partial charge < -0.3 is 4.74 Å². The highest BCUT2D eigenvalue weighted by atomic mass is 32.2. The molecule has 0 rings (SSSR count). The minimum Gasteiger partial charge on any atom is -0.380 e. The number of hydrogen-bond acceptors (Lipinski definition) is 3. The highest BCUT2D eigenvalue weighted by molar-refractivity contribution is 7.92. The van der Waals surface area contributed by atoms with Gasteiger partial charge in [-0.2, -0.15) is 0 Å². The van der Waals surface area contributed by atoms with E-state index in [0.29, 0.717) is 6.61 Å². The average molecular weight is 222 g/mol. The number of hydrogen-bond donors (Lipinski definition) is 0. The zero-order chi connectivity index (χ0) is 11.4. The van der Waals surface area contributed by atoms with Crippen molar-refractivity contribution in [2.45, 2.75) is 39.4 Å². The van der Waals surface area contributed by atoms with Gasteiger partial charge in [0.15, 0.2) is 9.84 Å². The summed E-state index contributed by atoms with van der Waals surface area (Å²) in [4.78, 5) is 0. The molecule has 0 spiro atoms. The molecule has 0 fully saturated rings. The summed E-state index contributed by atoms with van der Waals surface area (Å²) in [6, 6.07) is 0. The van der Waals surface area contributed by atoms with Crippen LogP contribution in [0.4, 0.5) is 0 Å². The first kappa shape index (κ1) is 13.9. The van der Waals surface area contributed by atoms with Gasteiger partial charge in [-0.1, -0.05) is 13.8 Å². The van der Waals surface area contributed by atoms with Crippen LogP contribution in [0.5, 0.6) is 0 Å². The van der Waals surface area contributed by atoms with Crippen LogP contribution in [0.3, 0.4) is 0 Å². The second-order valence-corrected chi connectivity index (χ2v) is 7.24. The van der Waals surface area contributed by atoms with E-state index >= 15 is 0 Å². The SMILES string of the molecule is CCOCC(C)(C)S(=O)(=O)CC(C)C. The molecule has 0 aromatic carbocycles. The molecule has 0 aromatic rings. The first-order valence-electron chi connectivity index (χ1n) is 5.03. The van der Waals surface area contributed by atoms with Crippen molar-refractivity contribution in [1.82, 2.24) is 0 Å². The van der Waals surface area contributed by atoms with Crippen molar-refractivity contribution in [2.75, 3.05) is 19.0 Å². The molecule has 3 nitrogen and oxygen atoms in total. The van der Waals surface area contributed by atoms with Gasteiger partial charge in [0.25, 0.3) is 0 Å². The number of sulfone groups is 1. The Morgan fingerprint density at radius 1 is 1.29 bits per heavy atom. The first-order chi connectivity index (χ1) is 6.23. The van der Waals surface area contributed by atoms with Gasteiger partial charge in [-0.15, -0.1) is 0 Å². The van der Waals surface area contributed by atoms with Crippen molar-refractivity contribution in [1.29, 1.82) is 0 Å². The average Bonchev–Trinajstić information content (AvgIpc) is 1.98. The van der Waals surface area contributed by atoms with E-state index in [0.717, 1.165) is 0 Å². The van der Waals surface area contributed by atoms with Crippen LogP contribution in [0.2, 0.25) is 0 Å². The Morgan fingerprint density at radius 2 is 1.79 bits per heavy atom. The summed E-state index contributed by atoms with van der Waals surface area (Å²) in [5.41, 5.74) is 0. The van der Waals surface area contributed by atoms with Gasteiger partial charge >= 0.3 is 0 Å². The van der Waals surface area contributed by atoms with Gasteiger partial charge in [0, 0.05) is 6.61 Å². The van der Waals surface area contributed by atoms with E-state index in [4.69, 9.17) is 4.74 Å². The summed E-state index contributed by atoms with van der Waals surface area (Å²) in [6.45, 7) is 9.97. The Morgan fingerprint density at radius 3 is 2.14 bits per heavy atom. The lowest BCUT2D eigenvalue weighted by Crippen LogP contribution is -2.39. The summed E-state index contributed by atoms with van der Waals surface area (Å²) >= 11 is 0. The molecule has 0 unspecified atom stereocenters. The number of ether oxygens (including phenoxy) is 1. The quantitative estimate of drug-likeness (QED) is 0.689. The molecule has 0 radical (unpaired) electrons. The van der Waals surface area contributed by atoms with Gasteiger partial charge in [-0.25, -0.2) is 8.42 Å². The molecule has 0 aliphatic heterocycles. The summed E-state index contributed by atoms with van der Waals surface area (Å²) in [5.74, 6) is 0.397. The maximum absolute atomic E-state index is 11.9. The van der Waals surface area contributed by atoms with Crippen LogP contribution >= 0.6 is 0 Å². The lowest BCUT2D eigenvalue weighted by atomic mass is 10.2. The third-order valence-corrected chi connectivity index (χ3v) is 4.96. The Hall–Kier alpha value is -0.0900. The van der Waals surface area contributed by atoms with Crippen molar-refractivity contribution in [3.63, 3.8) is 0 Å². The summed E-state index contributed by atoms with van der Waals surface area (Å²) in [7, 11) is -3.06.